The molecule has 0 unspecified atom stereocenters. The van der Waals surface area contributed by atoms with Gasteiger partial charge in [-0.15, -0.1) is 0 Å². The van der Waals surface area contributed by atoms with E-state index in [1.165, 1.54) is 38.9 Å². The molecule has 0 bridgehead atoms. The number of fused-ring (bicyclic) bond motifs is 2. The zero-order chi connectivity index (χ0) is 20.2. The van der Waals surface area contributed by atoms with Gasteiger partial charge in [0, 0.05) is 26.3 Å². The maximum atomic E-state index is 12.8. The molecule has 5 heteroatoms. The summed E-state index contributed by atoms with van der Waals surface area (Å²) in [6.45, 7) is 6.62. The van der Waals surface area contributed by atoms with Gasteiger partial charge < -0.3 is 19.7 Å². The second kappa shape index (κ2) is 8.87. The molecule has 1 fully saturated rings. The molecule has 0 spiro atoms. The number of hydrogen-bond acceptors (Lipinski definition) is 3. The average molecular weight is 393 g/mol. The van der Waals surface area contributed by atoms with Crippen molar-refractivity contribution < 1.29 is 4.79 Å². The molecular weight excluding hydrogens is 360 g/mol. The Labute approximate surface area is 174 Å². The van der Waals surface area contributed by atoms with E-state index in [2.05, 4.69) is 40.3 Å². The summed E-state index contributed by atoms with van der Waals surface area (Å²) in [7, 11) is 1.94. The number of anilines is 3. The first-order valence-corrected chi connectivity index (χ1v) is 10.9. The van der Waals surface area contributed by atoms with Crippen molar-refractivity contribution in [1.82, 2.24) is 9.47 Å². The van der Waals surface area contributed by atoms with Gasteiger partial charge in [0.1, 0.15) is 5.69 Å². The van der Waals surface area contributed by atoms with E-state index in [0.29, 0.717) is 0 Å². The van der Waals surface area contributed by atoms with Gasteiger partial charge in [0.2, 0.25) is 0 Å². The van der Waals surface area contributed by atoms with E-state index in [9.17, 15) is 4.79 Å². The highest BCUT2D eigenvalue weighted by molar-refractivity contribution is 6.12. The van der Waals surface area contributed by atoms with Crippen LogP contribution in [0.2, 0.25) is 0 Å². The summed E-state index contributed by atoms with van der Waals surface area (Å²) in [5.74, 6) is -0.0392. The number of aromatic nitrogens is 1. The van der Waals surface area contributed by atoms with Gasteiger partial charge in [-0.2, -0.15) is 0 Å². The van der Waals surface area contributed by atoms with Crippen LogP contribution in [0.1, 0.15) is 48.2 Å². The highest BCUT2D eigenvalue weighted by Gasteiger charge is 2.29. The number of nitrogens with zero attached hydrogens (tertiary/aromatic N) is 3. The molecule has 0 radical (unpaired) electrons. The Hall–Kier alpha value is -2.53. The molecule has 0 atom stereocenters. The number of carbonyl (C=O) groups is 1. The lowest BCUT2D eigenvalue weighted by atomic mass is 10.1. The molecule has 4 rings (SSSR count). The van der Waals surface area contributed by atoms with Crippen molar-refractivity contribution in [3.8, 4) is 0 Å². The Morgan fingerprint density at radius 2 is 1.76 bits per heavy atom. The molecule has 154 valence electrons. The lowest BCUT2D eigenvalue weighted by Gasteiger charge is -2.26. The van der Waals surface area contributed by atoms with E-state index in [0.717, 1.165) is 47.7 Å². The SMILES string of the molecule is Cc1cn(C)c2c1N(CC/C=C/CCN1CCCCC1)c1ccccc1NC2=O. The third-order valence-corrected chi connectivity index (χ3v) is 6.01. The van der Waals surface area contributed by atoms with Crippen molar-refractivity contribution in [3.05, 3.63) is 53.9 Å². The Kier molecular flexibility index (Phi) is 6.05. The number of hydrogen-bond donors (Lipinski definition) is 1. The number of nitrogens with one attached hydrogen (secondary N) is 1. The minimum atomic E-state index is -0.0392. The molecule has 1 saturated heterocycles. The molecule has 1 N–H and O–H groups in total. The Bertz CT molecular complexity index is 892. The van der Waals surface area contributed by atoms with Gasteiger partial charge in [0.25, 0.3) is 5.91 Å². The van der Waals surface area contributed by atoms with Crippen LogP contribution in [0.4, 0.5) is 17.1 Å². The average Bonchev–Trinajstić information content (AvgIpc) is 2.95. The topological polar surface area (TPSA) is 40.5 Å². The highest BCUT2D eigenvalue weighted by Crippen LogP contribution is 2.40. The fraction of sp³-hybridized carbons (Fsp3) is 0.458. The number of amides is 1. The first-order chi connectivity index (χ1) is 14.1. The van der Waals surface area contributed by atoms with E-state index in [4.69, 9.17) is 0 Å². The van der Waals surface area contributed by atoms with Crippen molar-refractivity contribution in [2.75, 3.05) is 36.4 Å². The van der Waals surface area contributed by atoms with E-state index >= 15 is 0 Å². The number of para-hydroxylation sites is 2. The van der Waals surface area contributed by atoms with Crippen molar-refractivity contribution in [1.29, 1.82) is 0 Å². The van der Waals surface area contributed by atoms with E-state index in [-0.39, 0.29) is 5.91 Å². The fourth-order valence-corrected chi connectivity index (χ4v) is 4.61. The zero-order valence-corrected chi connectivity index (χ0v) is 17.7. The van der Waals surface area contributed by atoms with E-state index in [1.807, 2.05) is 36.0 Å². The number of piperidine rings is 1. The summed E-state index contributed by atoms with van der Waals surface area (Å²) >= 11 is 0. The van der Waals surface area contributed by atoms with Gasteiger partial charge in [-0.1, -0.05) is 30.7 Å². The fourth-order valence-electron chi connectivity index (χ4n) is 4.61. The predicted molar refractivity (Wildman–Crippen MR) is 120 cm³/mol. The first kappa shape index (κ1) is 19.8. The van der Waals surface area contributed by atoms with E-state index in [1.54, 1.807) is 0 Å². The normalized spacial score (nSPS) is 17.2. The van der Waals surface area contributed by atoms with Crippen LogP contribution in [0.15, 0.2) is 42.6 Å². The van der Waals surface area contributed by atoms with Crippen LogP contribution in [-0.2, 0) is 7.05 Å². The van der Waals surface area contributed by atoms with Crippen LogP contribution >= 0.6 is 0 Å². The standard InChI is InChI=1S/C24H32N4O/c1-19-18-26(2)23-22(19)28(21-13-7-6-12-20(21)25-24(23)29)17-11-4-3-8-14-27-15-9-5-10-16-27/h3-4,6-7,12-13,18H,5,8-11,14-17H2,1-2H3,(H,25,29)/b4-3+. The van der Waals surface area contributed by atoms with Crippen LogP contribution in [0, 0.1) is 6.92 Å². The van der Waals surface area contributed by atoms with Gasteiger partial charge in [-0.3, -0.25) is 4.79 Å². The number of benzene rings is 1. The van der Waals surface area contributed by atoms with Crippen molar-refractivity contribution >= 4 is 23.0 Å². The van der Waals surface area contributed by atoms with Gasteiger partial charge in [-0.25, -0.2) is 0 Å². The number of rotatable bonds is 6. The summed E-state index contributed by atoms with van der Waals surface area (Å²) in [6.07, 6.45) is 12.8. The van der Waals surface area contributed by atoms with E-state index < -0.39 is 0 Å². The van der Waals surface area contributed by atoms with Crippen LogP contribution in [0.25, 0.3) is 0 Å². The van der Waals surface area contributed by atoms with Crippen molar-refractivity contribution in [2.45, 2.75) is 39.0 Å². The molecule has 1 amide bonds. The Balaban J connectivity index is 1.47. The number of carbonyl (C=O) groups excluding carboxylic acids is 1. The monoisotopic (exact) mass is 392 g/mol. The summed E-state index contributed by atoms with van der Waals surface area (Å²) in [4.78, 5) is 17.7. The summed E-state index contributed by atoms with van der Waals surface area (Å²) in [5, 5.41) is 3.08. The molecule has 0 aliphatic carbocycles. The lowest BCUT2D eigenvalue weighted by Crippen LogP contribution is -2.30. The van der Waals surface area contributed by atoms with Crippen molar-refractivity contribution in [2.24, 2.45) is 7.05 Å². The maximum Gasteiger partial charge on any atom is 0.274 e. The molecule has 5 nitrogen and oxygen atoms in total. The molecule has 3 heterocycles. The minimum absolute atomic E-state index is 0.0392. The lowest BCUT2D eigenvalue weighted by molar-refractivity contribution is 0.102. The van der Waals surface area contributed by atoms with Gasteiger partial charge >= 0.3 is 0 Å². The third-order valence-electron chi connectivity index (χ3n) is 6.01. The Morgan fingerprint density at radius 1 is 1.03 bits per heavy atom. The molecule has 0 saturated carbocycles. The third kappa shape index (κ3) is 4.25. The van der Waals surface area contributed by atoms with Crippen LogP contribution in [0.5, 0.6) is 0 Å². The van der Waals surface area contributed by atoms with Crippen LogP contribution in [0.3, 0.4) is 0 Å². The van der Waals surface area contributed by atoms with Gasteiger partial charge in [0.15, 0.2) is 0 Å². The molecule has 1 aromatic carbocycles. The molecule has 1 aromatic heterocycles. The Morgan fingerprint density at radius 3 is 2.55 bits per heavy atom. The number of likely N-dealkylation sites (tertiary alicyclic amines) is 1. The summed E-state index contributed by atoms with van der Waals surface area (Å²) < 4.78 is 1.94. The second-order valence-corrected chi connectivity index (χ2v) is 8.19. The molecule has 29 heavy (non-hydrogen) atoms. The molecular formula is C24H32N4O. The molecule has 2 aliphatic rings. The smallest absolute Gasteiger partial charge is 0.274 e. The minimum Gasteiger partial charge on any atom is -0.345 e. The maximum absolute atomic E-state index is 12.8. The first-order valence-electron chi connectivity index (χ1n) is 10.9. The predicted octanol–water partition coefficient (Wildman–Crippen LogP) is 4.86. The second-order valence-electron chi connectivity index (χ2n) is 8.19. The number of aryl methyl sites for hydroxylation is 2. The summed E-state index contributed by atoms with van der Waals surface area (Å²) in [5.41, 5.74) is 4.82. The van der Waals surface area contributed by atoms with Crippen molar-refractivity contribution in [3.63, 3.8) is 0 Å². The van der Waals surface area contributed by atoms with Gasteiger partial charge in [0.05, 0.1) is 17.1 Å². The highest BCUT2D eigenvalue weighted by atomic mass is 16.2. The summed E-state index contributed by atoms with van der Waals surface area (Å²) in [6, 6.07) is 8.09. The van der Waals surface area contributed by atoms with Crippen LogP contribution < -0.4 is 10.2 Å². The quantitative estimate of drug-likeness (QED) is 0.714. The van der Waals surface area contributed by atoms with Crippen LogP contribution in [-0.4, -0.2) is 41.6 Å². The largest absolute Gasteiger partial charge is 0.345 e. The molecule has 2 aromatic rings. The molecule has 2 aliphatic heterocycles. The van der Waals surface area contributed by atoms with Gasteiger partial charge in [-0.05, 0) is 63.4 Å². The zero-order valence-electron chi connectivity index (χ0n) is 17.7.